The van der Waals surface area contributed by atoms with Crippen molar-refractivity contribution in [3.8, 4) is 0 Å². The molecule has 1 aliphatic rings. The van der Waals surface area contributed by atoms with E-state index >= 15 is 0 Å². The minimum atomic E-state index is 0.120. The second kappa shape index (κ2) is 4.72. The van der Waals surface area contributed by atoms with Crippen LogP contribution in [-0.4, -0.2) is 23.7 Å². The first-order valence-corrected chi connectivity index (χ1v) is 5.55. The van der Waals surface area contributed by atoms with Crippen LogP contribution in [0.15, 0.2) is 4.52 Å². The molecule has 1 fully saturated rings. The van der Waals surface area contributed by atoms with Crippen molar-refractivity contribution in [3.63, 3.8) is 0 Å². The number of nitrogens with one attached hydrogen (secondary N) is 2. The van der Waals surface area contributed by atoms with Gasteiger partial charge in [0.05, 0.1) is 12.1 Å². The summed E-state index contributed by atoms with van der Waals surface area (Å²) in [6.07, 6.45) is 3.59. The number of aromatic nitrogens is 2. The molecule has 2 rings (SSSR count). The molecule has 0 amide bonds. The Kier molecular flexibility index (Phi) is 3.33. The van der Waals surface area contributed by atoms with E-state index in [4.69, 9.17) is 4.52 Å². The van der Waals surface area contributed by atoms with Gasteiger partial charge in [0.2, 0.25) is 5.89 Å². The van der Waals surface area contributed by atoms with Crippen molar-refractivity contribution >= 4 is 0 Å². The third kappa shape index (κ3) is 2.35. The number of hydrogen-bond acceptors (Lipinski definition) is 5. The Labute approximate surface area is 89.6 Å². The van der Waals surface area contributed by atoms with Gasteiger partial charge < -0.3 is 15.2 Å². The molecule has 15 heavy (non-hydrogen) atoms. The van der Waals surface area contributed by atoms with Crippen molar-refractivity contribution in [1.82, 2.24) is 20.8 Å². The molecule has 2 unspecified atom stereocenters. The minimum Gasteiger partial charge on any atom is -0.338 e. The predicted octanol–water partition coefficient (Wildman–Crippen LogP) is 1.16. The van der Waals surface area contributed by atoms with Gasteiger partial charge in [0, 0.05) is 0 Å². The Morgan fingerprint density at radius 2 is 2.40 bits per heavy atom. The Morgan fingerprint density at radius 1 is 1.53 bits per heavy atom. The molecular formula is C10H18N4O. The average Bonchev–Trinajstić information content (AvgIpc) is 2.78. The highest BCUT2D eigenvalue weighted by Gasteiger charge is 2.21. The highest BCUT2D eigenvalue weighted by Crippen LogP contribution is 2.21. The van der Waals surface area contributed by atoms with E-state index in [9.17, 15) is 0 Å². The number of rotatable bonds is 3. The third-order valence-corrected chi connectivity index (χ3v) is 2.88. The Balaban J connectivity index is 2.05. The van der Waals surface area contributed by atoms with Crippen LogP contribution in [-0.2, 0) is 0 Å². The normalized spacial score (nSPS) is 24.0. The van der Waals surface area contributed by atoms with Crippen LogP contribution in [0.4, 0.5) is 0 Å². The lowest BCUT2D eigenvalue weighted by molar-refractivity contribution is 0.330. The van der Waals surface area contributed by atoms with Gasteiger partial charge in [0.15, 0.2) is 5.82 Å². The summed E-state index contributed by atoms with van der Waals surface area (Å²) in [6, 6.07) is 0.398. The quantitative estimate of drug-likeness (QED) is 0.784. The van der Waals surface area contributed by atoms with Crippen LogP contribution >= 0.6 is 0 Å². The molecule has 1 saturated heterocycles. The molecule has 5 nitrogen and oxygen atoms in total. The third-order valence-electron chi connectivity index (χ3n) is 2.88. The fourth-order valence-corrected chi connectivity index (χ4v) is 1.76. The second-order valence-electron chi connectivity index (χ2n) is 4.00. The summed E-state index contributed by atoms with van der Waals surface area (Å²) in [7, 11) is 1.88. The first-order chi connectivity index (χ1) is 7.31. The van der Waals surface area contributed by atoms with E-state index in [1.165, 1.54) is 12.8 Å². The monoisotopic (exact) mass is 210 g/mol. The summed E-state index contributed by atoms with van der Waals surface area (Å²) in [6.45, 7) is 3.06. The highest BCUT2D eigenvalue weighted by atomic mass is 16.5. The zero-order valence-corrected chi connectivity index (χ0v) is 9.29. The van der Waals surface area contributed by atoms with E-state index in [-0.39, 0.29) is 12.1 Å². The summed E-state index contributed by atoms with van der Waals surface area (Å²) in [5.74, 6) is 1.46. The summed E-state index contributed by atoms with van der Waals surface area (Å²) < 4.78 is 5.21. The molecule has 0 bridgehead atoms. The molecule has 2 heterocycles. The van der Waals surface area contributed by atoms with Crippen molar-refractivity contribution in [2.24, 2.45) is 0 Å². The summed E-state index contributed by atoms with van der Waals surface area (Å²) in [4.78, 5) is 4.40. The standard InChI is InChI=1S/C10H18N4O/c1-7(11-2)10-13-9(14-15-10)8-5-3-4-6-12-8/h7-8,11-12H,3-6H2,1-2H3. The number of piperidine rings is 1. The molecule has 2 atom stereocenters. The SMILES string of the molecule is CNC(C)c1nc(C2CCCCN2)no1. The lowest BCUT2D eigenvalue weighted by Gasteiger charge is -2.19. The smallest absolute Gasteiger partial charge is 0.243 e. The van der Waals surface area contributed by atoms with Gasteiger partial charge in [0.25, 0.3) is 0 Å². The van der Waals surface area contributed by atoms with Crippen molar-refractivity contribution in [3.05, 3.63) is 11.7 Å². The van der Waals surface area contributed by atoms with Gasteiger partial charge in [-0.05, 0) is 33.4 Å². The molecule has 1 aromatic rings. The van der Waals surface area contributed by atoms with Crippen LogP contribution in [0, 0.1) is 0 Å². The van der Waals surface area contributed by atoms with Gasteiger partial charge in [-0.25, -0.2) is 0 Å². The topological polar surface area (TPSA) is 63.0 Å². The molecule has 0 aliphatic carbocycles. The molecule has 2 N–H and O–H groups in total. The van der Waals surface area contributed by atoms with E-state index in [0.717, 1.165) is 18.8 Å². The van der Waals surface area contributed by atoms with E-state index in [1.54, 1.807) is 0 Å². The second-order valence-corrected chi connectivity index (χ2v) is 4.00. The van der Waals surface area contributed by atoms with Crippen LogP contribution < -0.4 is 10.6 Å². The molecule has 1 aromatic heterocycles. The van der Waals surface area contributed by atoms with Crippen molar-refractivity contribution < 1.29 is 4.52 Å². The van der Waals surface area contributed by atoms with Crippen LogP contribution in [0.25, 0.3) is 0 Å². The molecule has 84 valence electrons. The van der Waals surface area contributed by atoms with Gasteiger partial charge in [-0.3, -0.25) is 0 Å². The summed E-state index contributed by atoms with van der Waals surface area (Å²) >= 11 is 0. The van der Waals surface area contributed by atoms with Gasteiger partial charge >= 0.3 is 0 Å². The predicted molar refractivity (Wildman–Crippen MR) is 56.4 cm³/mol. The molecule has 0 saturated carbocycles. The van der Waals surface area contributed by atoms with Crippen molar-refractivity contribution in [2.45, 2.75) is 38.3 Å². The van der Waals surface area contributed by atoms with E-state index in [1.807, 2.05) is 14.0 Å². The van der Waals surface area contributed by atoms with Gasteiger partial charge in [0.1, 0.15) is 0 Å². The van der Waals surface area contributed by atoms with E-state index in [2.05, 4.69) is 20.8 Å². The lowest BCUT2D eigenvalue weighted by Crippen LogP contribution is -2.27. The van der Waals surface area contributed by atoms with Gasteiger partial charge in [-0.15, -0.1) is 0 Å². The maximum Gasteiger partial charge on any atom is 0.243 e. The van der Waals surface area contributed by atoms with Gasteiger partial charge in [-0.1, -0.05) is 11.6 Å². The zero-order valence-electron chi connectivity index (χ0n) is 9.29. The van der Waals surface area contributed by atoms with Crippen molar-refractivity contribution in [2.75, 3.05) is 13.6 Å². The molecule has 1 aliphatic heterocycles. The average molecular weight is 210 g/mol. The van der Waals surface area contributed by atoms with E-state index in [0.29, 0.717) is 5.89 Å². The lowest BCUT2D eigenvalue weighted by atomic mass is 10.0. The molecule has 5 heteroatoms. The first-order valence-electron chi connectivity index (χ1n) is 5.55. The summed E-state index contributed by atoms with van der Waals surface area (Å²) in [5.41, 5.74) is 0. The Morgan fingerprint density at radius 3 is 3.07 bits per heavy atom. The minimum absolute atomic E-state index is 0.120. The van der Waals surface area contributed by atoms with Crippen LogP contribution in [0.1, 0.15) is 50.0 Å². The maximum atomic E-state index is 5.21. The van der Waals surface area contributed by atoms with Crippen LogP contribution in [0.3, 0.4) is 0 Å². The fraction of sp³-hybridized carbons (Fsp3) is 0.800. The van der Waals surface area contributed by atoms with Crippen LogP contribution in [0.5, 0.6) is 0 Å². The molecule has 0 radical (unpaired) electrons. The summed E-state index contributed by atoms with van der Waals surface area (Å²) in [5, 5.41) is 10.5. The molecule has 0 spiro atoms. The Hall–Kier alpha value is -0.940. The van der Waals surface area contributed by atoms with E-state index < -0.39 is 0 Å². The first kappa shape index (κ1) is 10.6. The number of hydrogen-bond donors (Lipinski definition) is 2. The number of nitrogens with zero attached hydrogens (tertiary/aromatic N) is 2. The maximum absolute atomic E-state index is 5.21. The van der Waals surface area contributed by atoms with Crippen molar-refractivity contribution in [1.29, 1.82) is 0 Å². The van der Waals surface area contributed by atoms with Gasteiger partial charge in [-0.2, -0.15) is 4.98 Å². The highest BCUT2D eigenvalue weighted by molar-refractivity contribution is 4.97. The molecule has 0 aromatic carbocycles. The fourth-order valence-electron chi connectivity index (χ4n) is 1.76. The molecular weight excluding hydrogens is 192 g/mol. The Bertz CT molecular complexity index is 306. The zero-order chi connectivity index (χ0) is 10.7. The van der Waals surface area contributed by atoms with Crippen LogP contribution in [0.2, 0.25) is 0 Å². The largest absolute Gasteiger partial charge is 0.338 e.